The first-order valence-electron chi connectivity index (χ1n) is 4.94. The molecular weight excluding hydrogens is 222 g/mol. The van der Waals surface area contributed by atoms with E-state index in [2.05, 4.69) is 10.3 Å². The van der Waals surface area contributed by atoms with Crippen molar-refractivity contribution in [3.63, 3.8) is 0 Å². The maximum absolute atomic E-state index is 5.74. The summed E-state index contributed by atoms with van der Waals surface area (Å²) in [5, 5.41) is 3.83. The van der Waals surface area contributed by atoms with Crippen molar-refractivity contribution in [2.75, 3.05) is 11.1 Å². The molecule has 1 aromatic heterocycles. The first-order chi connectivity index (χ1) is 7.74. The van der Waals surface area contributed by atoms with Crippen LogP contribution in [0.5, 0.6) is 0 Å². The third-order valence-corrected chi connectivity index (χ3v) is 2.40. The summed E-state index contributed by atoms with van der Waals surface area (Å²) in [6.07, 6.45) is 1.62. The molecule has 1 heterocycles. The number of halogens is 1. The van der Waals surface area contributed by atoms with Gasteiger partial charge in [-0.3, -0.25) is 0 Å². The van der Waals surface area contributed by atoms with Crippen molar-refractivity contribution in [1.82, 2.24) is 4.98 Å². The molecule has 2 rings (SSSR count). The minimum Gasteiger partial charge on any atom is -0.399 e. The van der Waals surface area contributed by atoms with Gasteiger partial charge in [0.15, 0.2) is 0 Å². The van der Waals surface area contributed by atoms with E-state index in [4.69, 9.17) is 17.3 Å². The number of rotatable bonds is 3. The van der Waals surface area contributed by atoms with E-state index in [9.17, 15) is 0 Å². The monoisotopic (exact) mass is 233 g/mol. The van der Waals surface area contributed by atoms with Gasteiger partial charge in [0.2, 0.25) is 0 Å². The zero-order chi connectivity index (χ0) is 11.4. The molecule has 0 bridgehead atoms. The Morgan fingerprint density at radius 3 is 2.50 bits per heavy atom. The topological polar surface area (TPSA) is 50.9 Å². The molecule has 0 aliphatic heterocycles. The Morgan fingerprint density at radius 1 is 1.12 bits per heavy atom. The predicted molar refractivity (Wildman–Crippen MR) is 67.4 cm³/mol. The Morgan fingerprint density at radius 2 is 1.88 bits per heavy atom. The number of nitrogen functional groups attached to an aromatic ring is 1. The Kier molecular flexibility index (Phi) is 3.27. The second-order valence-corrected chi connectivity index (χ2v) is 3.89. The number of hydrogen-bond donors (Lipinski definition) is 2. The molecular formula is C12H12ClN3. The highest BCUT2D eigenvalue weighted by molar-refractivity contribution is 6.30. The average molecular weight is 234 g/mol. The van der Waals surface area contributed by atoms with Crippen LogP contribution in [0, 0.1) is 0 Å². The highest BCUT2D eigenvalue weighted by Crippen LogP contribution is 2.11. The fourth-order valence-electron chi connectivity index (χ4n) is 1.31. The largest absolute Gasteiger partial charge is 0.399 e. The van der Waals surface area contributed by atoms with Gasteiger partial charge in [-0.25, -0.2) is 4.98 Å². The van der Waals surface area contributed by atoms with Crippen LogP contribution in [0.2, 0.25) is 5.02 Å². The molecule has 82 valence electrons. The molecule has 0 fully saturated rings. The smallest absolute Gasteiger partial charge is 0.126 e. The number of nitrogens with zero attached hydrogens (tertiary/aromatic N) is 1. The predicted octanol–water partition coefficient (Wildman–Crippen LogP) is 2.93. The summed E-state index contributed by atoms with van der Waals surface area (Å²) in [5.41, 5.74) is 7.53. The summed E-state index contributed by atoms with van der Waals surface area (Å²) in [6.45, 7) is 0.717. The van der Waals surface area contributed by atoms with Crippen LogP contribution in [-0.4, -0.2) is 4.98 Å². The van der Waals surface area contributed by atoms with Crippen molar-refractivity contribution in [3.8, 4) is 0 Å². The van der Waals surface area contributed by atoms with Crippen molar-refractivity contribution >= 4 is 23.1 Å². The van der Waals surface area contributed by atoms with Gasteiger partial charge in [-0.1, -0.05) is 23.7 Å². The van der Waals surface area contributed by atoms with E-state index in [1.807, 2.05) is 30.3 Å². The summed E-state index contributed by atoms with van der Waals surface area (Å²) < 4.78 is 0. The van der Waals surface area contributed by atoms with Gasteiger partial charge in [-0.05, 0) is 29.8 Å². The van der Waals surface area contributed by atoms with Gasteiger partial charge in [-0.15, -0.1) is 0 Å². The van der Waals surface area contributed by atoms with Gasteiger partial charge < -0.3 is 11.1 Å². The van der Waals surface area contributed by atoms with Crippen molar-refractivity contribution < 1.29 is 0 Å². The van der Waals surface area contributed by atoms with Crippen molar-refractivity contribution in [1.29, 1.82) is 0 Å². The van der Waals surface area contributed by atoms with Crippen LogP contribution in [0.3, 0.4) is 0 Å². The quantitative estimate of drug-likeness (QED) is 0.802. The second-order valence-electron chi connectivity index (χ2n) is 3.46. The molecule has 0 aliphatic carbocycles. The van der Waals surface area contributed by atoms with Gasteiger partial charge in [0.25, 0.3) is 0 Å². The van der Waals surface area contributed by atoms with E-state index in [0.717, 1.165) is 23.6 Å². The third-order valence-electron chi connectivity index (χ3n) is 2.18. The zero-order valence-corrected chi connectivity index (χ0v) is 9.41. The Labute approximate surface area is 99.3 Å². The summed E-state index contributed by atoms with van der Waals surface area (Å²) in [6, 6.07) is 11.4. The molecule has 0 amide bonds. The molecule has 16 heavy (non-hydrogen) atoms. The molecule has 0 unspecified atom stereocenters. The van der Waals surface area contributed by atoms with E-state index < -0.39 is 0 Å². The fourth-order valence-corrected chi connectivity index (χ4v) is 1.42. The van der Waals surface area contributed by atoms with Crippen LogP contribution >= 0.6 is 11.6 Å². The molecule has 2 aromatic rings. The molecule has 3 N–H and O–H groups in total. The number of benzene rings is 1. The molecule has 3 nitrogen and oxygen atoms in total. The van der Waals surface area contributed by atoms with E-state index in [-0.39, 0.29) is 0 Å². The van der Waals surface area contributed by atoms with Crippen molar-refractivity contribution in [3.05, 3.63) is 53.2 Å². The lowest BCUT2D eigenvalue weighted by molar-refractivity contribution is 1.11. The normalized spacial score (nSPS) is 10.1. The highest BCUT2D eigenvalue weighted by atomic mass is 35.5. The van der Waals surface area contributed by atoms with Gasteiger partial charge in [0, 0.05) is 18.4 Å². The second kappa shape index (κ2) is 4.86. The Bertz CT molecular complexity index is 405. The van der Waals surface area contributed by atoms with E-state index >= 15 is 0 Å². The lowest BCUT2D eigenvalue weighted by atomic mass is 10.2. The first-order valence-corrected chi connectivity index (χ1v) is 5.32. The number of anilines is 2. The molecule has 0 aliphatic rings. The van der Waals surface area contributed by atoms with Crippen LogP contribution < -0.4 is 11.1 Å². The van der Waals surface area contributed by atoms with E-state index in [0.29, 0.717) is 5.02 Å². The van der Waals surface area contributed by atoms with E-state index in [1.54, 1.807) is 12.3 Å². The van der Waals surface area contributed by atoms with Crippen LogP contribution in [0.15, 0.2) is 42.6 Å². The van der Waals surface area contributed by atoms with E-state index in [1.165, 1.54) is 0 Å². The maximum atomic E-state index is 5.74. The maximum Gasteiger partial charge on any atom is 0.126 e. The molecule has 4 heteroatoms. The molecule has 0 saturated carbocycles. The van der Waals surface area contributed by atoms with Crippen molar-refractivity contribution in [2.45, 2.75) is 6.54 Å². The summed E-state index contributed by atoms with van der Waals surface area (Å²) in [4.78, 5) is 4.14. The van der Waals surface area contributed by atoms with Gasteiger partial charge in [-0.2, -0.15) is 0 Å². The Hall–Kier alpha value is -1.74. The van der Waals surface area contributed by atoms with Crippen LogP contribution in [-0.2, 0) is 6.54 Å². The van der Waals surface area contributed by atoms with Gasteiger partial charge in [0.1, 0.15) is 5.82 Å². The van der Waals surface area contributed by atoms with Crippen molar-refractivity contribution in [2.24, 2.45) is 0 Å². The lowest BCUT2D eigenvalue weighted by Gasteiger charge is -2.05. The third kappa shape index (κ3) is 2.87. The summed E-state index contributed by atoms with van der Waals surface area (Å²) in [7, 11) is 0. The van der Waals surface area contributed by atoms with Gasteiger partial charge in [0.05, 0.1) is 5.02 Å². The van der Waals surface area contributed by atoms with Crippen LogP contribution in [0.1, 0.15) is 5.56 Å². The molecule has 0 radical (unpaired) electrons. The fraction of sp³-hybridized carbons (Fsp3) is 0.0833. The molecule has 0 atom stereocenters. The van der Waals surface area contributed by atoms with Gasteiger partial charge >= 0.3 is 0 Å². The number of nitrogens with one attached hydrogen (secondary N) is 1. The first kappa shape index (κ1) is 10.8. The number of pyridine rings is 1. The minimum absolute atomic E-state index is 0.637. The Balaban J connectivity index is 1.97. The van der Waals surface area contributed by atoms with Crippen LogP contribution in [0.4, 0.5) is 11.5 Å². The molecule has 0 saturated heterocycles. The summed E-state index contributed by atoms with van der Waals surface area (Å²) in [5.74, 6) is 0.807. The number of aromatic nitrogens is 1. The molecule has 1 aromatic carbocycles. The lowest BCUT2D eigenvalue weighted by Crippen LogP contribution is -2.00. The highest BCUT2D eigenvalue weighted by Gasteiger charge is 1.95. The number of nitrogens with two attached hydrogens (primary N) is 1. The average Bonchev–Trinajstić information content (AvgIpc) is 2.30. The van der Waals surface area contributed by atoms with Crippen LogP contribution in [0.25, 0.3) is 0 Å². The SMILES string of the molecule is Nc1ccc(CNc2ccc(Cl)cn2)cc1. The minimum atomic E-state index is 0.637. The summed E-state index contributed by atoms with van der Waals surface area (Å²) >= 11 is 5.74. The number of hydrogen-bond acceptors (Lipinski definition) is 3. The standard InChI is InChI=1S/C12H12ClN3/c13-10-3-6-12(16-8-10)15-7-9-1-4-11(14)5-2-9/h1-6,8H,7,14H2,(H,15,16). The molecule has 0 spiro atoms. The zero-order valence-electron chi connectivity index (χ0n) is 8.65.